The number of nitrogens with one attached hydrogen (secondary N) is 1. The monoisotopic (exact) mass is 421 g/mol. The van der Waals surface area contributed by atoms with Crippen LogP contribution in [0.4, 0.5) is 0 Å². The van der Waals surface area contributed by atoms with Gasteiger partial charge in [-0.2, -0.15) is 0 Å². The fraction of sp³-hybridized carbons (Fsp3) is 0.150. The molecule has 0 spiro atoms. The van der Waals surface area contributed by atoms with Crippen LogP contribution in [0.3, 0.4) is 0 Å². The lowest BCUT2D eigenvalue weighted by atomic mass is 10.2. The van der Waals surface area contributed by atoms with Gasteiger partial charge in [0.1, 0.15) is 5.76 Å². The second-order valence-corrected chi connectivity index (χ2v) is 8.20. The Kier molecular flexibility index (Phi) is 6.72. The lowest BCUT2D eigenvalue weighted by molar-refractivity contribution is 0.0921. The van der Waals surface area contributed by atoms with Crippen LogP contribution in [0, 0.1) is 0 Å². The van der Waals surface area contributed by atoms with Crippen molar-refractivity contribution in [1.82, 2.24) is 5.32 Å². The quantitative estimate of drug-likeness (QED) is 0.585. The highest BCUT2D eigenvalue weighted by Crippen LogP contribution is 2.16. The number of rotatable bonds is 7. The Morgan fingerprint density at radius 1 is 0.963 bits per heavy atom. The topological polar surface area (TPSA) is 59.3 Å². The number of halogens is 2. The van der Waals surface area contributed by atoms with Crippen LogP contribution in [0.15, 0.2) is 65.1 Å². The van der Waals surface area contributed by atoms with Gasteiger partial charge in [-0.3, -0.25) is 9.00 Å². The van der Waals surface area contributed by atoms with Gasteiger partial charge in [0.05, 0.1) is 5.75 Å². The summed E-state index contributed by atoms with van der Waals surface area (Å²) in [5, 5.41) is 4.00. The molecule has 1 amide bonds. The van der Waals surface area contributed by atoms with E-state index in [0.717, 1.165) is 11.1 Å². The van der Waals surface area contributed by atoms with Crippen LogP contribution in [0.1, 0.15) is 27.4 Å². The van der Waals surface area contributed by atoms with E-state index >= 15 is 0 Å². The Hall–Kier alpha value is -2.08. The van der Waals surface area contributed by atoms with Crippen LogP contribution in [0.5, 0.6) is 0 Å². The molecule has 0 bridgehead atoms. The summed E-state index contributed by atoms with van der Waals surface area (Å²) in [5.74, 6) is 0.974. The van der Waals surface area contributed by atoms with E-state index in [4.69, 9.17) is 27.6 Å². The third kappa shape index (κ3) is 5.70. The molecule has 0 radical (unpaired) electrons. The highest BCUT2D eigenvalue weighted by molar-refractivity contribution is 7.83. The van der Waals surface area contributed by atoms with Crippen LogP contribution in [-0.4, -0.2) is 10.1 Å². The molecule has 7 heteroatoms. The Bertz CT molecular complexity index is 954. The van der Waals surface area contributed by atoms with Gasteiger partial charge in [0.25, 0.3) is 5.91 Å². The molecule has 0 aliphatic heterocycles. The Labute approximate surface area is 169 Å². The summed E-state index contributed by atoms with van der Waals surface area (Å²) >= 11 is 11.9. The predicted molar refractivity (Wildman–Crippen MR) is 108 cm³/mol. The minimum Gasteiger partial charge on any atom is -0.455 e. The summed E-state index contributed by atoms with van der Waals surface area (Å²) in [5.41, 5.74) is 1.75. The van der Waals surface area contributed by atoms with Crippen molar-refractivity contribution in [1.29, 1.82) is 0 Å². The number of amides is 1. The maximum absolute atomic E-state index is 12.3. The number of benzene rings is 2. The maximum Gasteiger partial charge on any atom is 0.287 e. The van der Waals surface area contributed by atoms with Crippen LogP contribution in [0.2, 0.25) is 10.0 Å². The first kappa shape index (κ1) is 19.7. The molecule has 2 aromatic carbocycles. The normalized spacial score (nSPS) is 11.9. The van der Waals surface area contributed by atoms with Gasteiger partial charge in [-0.05, 0) is 41.5 Å². The molecule has 27 heavy (non-hydrogen) atoms. The molecule has 3 aromatic rings. The maximum atomic E-state index is 12.3. The first-order valence-electron chi connectivity index (χ1n) is 8.21. The van der Waals surface area contributed by atoms with E-state index < -0.39 is 10.8 Å². The van der Waals surface area contributed by atoms with Gasteiger partial charge in [0.2, 0.25) is 0 Å². The van der Waals surface area contributed by atoms with E-state index in [9.17, 15) is 9.00 Å². The molecule has 1 atom stereocenters. The summed E-state index contributed by atoms with van der Waals surface area (Å²) in [7, 11) is -1.15. The molecule has 0 unspecified atom stereocenters. The second kappa shape index (κ2) is 9.22. The van der Waals surface area contributed by atoms with Gasteiger partial charge in [0.15, 0.2) is 5.76 Å². The lowest BCUT2D eigenvalue weighted by Gasteiger charge is -2.05. The van der Waals surface area contributed by atoms with Crippen molar-refractivity contribution < 1.29 is 13.4 Å². The van der Waals surface area contributed by atoms with Gasteiger partial charge in [-0.1, -0.05) is 53.5 Å². The Morgan fingerprint density at radius 3 is 2.44 bits per heavy atom. The SMILES string of the molecule is O=C(NCc1ccccc1Cl)c1ccc(C[S@@](=O)Cc2ccc(Cl)cc2)o1. The average Bonchev–Trinajstić information content (AvgIpc) is 3.11. The lowest BCUT2D eigenvalue weighted by Crippen LogP contribution is -2.22. The summed E-state index contributed by atoms with van der Waals surface area (Å²) in [6.45, 7) is 0.303. The van der Waals surface area contributed by atoms with Gasteiger partial charge >= 0.3 is 0 Å². The molecule has 4 nitrogen and oxygen atoms in total. The first-order chi connectivity index (χ1) is 13.0. The smallest absolute Gasteiger partial charge is 0.287 e. The second-order valence-electron chi connectivity index (χ2n) is 5.90. The zero-order valence-corrected chi connectivity index (χ0v) is 16.6. The molecular formula is C20H17Cl2NO3S. The molecule has 1 heterocycles. The Balaban J connectivity index is 1.54. The first-order valence-corrected chi connectivity index (χ1v) is 10.5. The van der Waals surface area contributed by atoms with E-state index in [1.165, 1.54) is 0 Å². The standard InChI is InChI=1S/C20H17Cl2NO3S/c21-16-7-5-14(6-8-16)12-27(25)13-17-9-10-19(26-17)20(24)23-11-15-3-1-2-4-18(15)22/h1-10H,11-13H2,(H,23,24)/t27-/m0/s1. The molecule has 0 aliphatic rings. The summed E-state index contributed by atoms with van der Waals surface area (Å²) in [4.78, 5) is 12.2. The van der Waals surface area contributed by atoms with Gasteiger partial charge < -0.3 is 9.73 Å². The van der Waals surface area contributed by atoms with E-state index in [1.54, 1.807) is 30.3 Å². The molecule has 140 valence electrons. The van der Waals surface area contributed by atoms with Gasteiger partial charge in [0, 0.05) is 33.1 Å². The summed E-state index contributed by atoms with van der Waals surface area (Å²) in [6, 6.07) is 17.8. The highest BCUT2D eigenvalue weighted by atomic mass is 35.5. The largest absolute Gasteiger partial charge is 0.455 e. The van der Waals surface area contributed by atoms with E-state index in [1.807, 2.05) is 30.3 Å². The molecule has 1 N–H and O–H groups in total. The number of carbonyl (C=O) groups excluding carboxylic acids is 1. The van der Waals surface area contributed by atoms with E-state index in [2.05, 4.69) is 5.32 Å². The third-order valence-corrected chi connectivity index (χ3v) is 5.71. The van der Waals surface area contributed by atoms with E-state index in [-0.39, 0.29) is 17.4 Å². The van der Waals surface area contributed by atoms with Crippen molar-refractivity contribution in [3.05, 3.63) is 93.4 Å². The van der Waals surface area contributed by atoms with Crippen molar-refractivity contribution >= 4 is 39.9 Å². The number of hydrogen-bond acceptors (Lipinski definition) is 3. The minimum absolute atomic E-state index is 0.181. The zero-order chi connectivity index (χ0) is 19.2. The summed E-state index contributed by atoms with van der Waals surface area (Å²) < 4.78 is 17.8. The molecule has 0 saturated carbocycles. The number of furan rings is 1. The number of carbonyl (C=O) groups is 1. The molecular weight excluding hydrogens is 405 g/mol. The molecule has 0 fully saturated rings. The van der Waals surface area contributed by atoms with Crippen molar-refractivity contribution in [3.63, 3.8) is 0 Å². The van der Waals surface area contributed by atoms with Crippen LogP contribution >= 0.6 is 23.2 Å². The van der Waals surface area contributed by atoms with Crippen molar-refractivity contribution in [3.8, 4) is 0 Å². The molecule has 0 aliphatic carbocycles. The van der Waals surface area contributed by atoms with Gasteiger partial charge in [-0.25, -0.2) is 0 Å². The fourth-order valence-corrected chi connectivity index (χ4v) is 3.93. The average molecular weight is 422 g/mol. The molecule has 3 rings (SSSR count). The van der Waals surface area contributed by atoms with Crippen LogP contribution in [0.25, 0.3) is 0 Å². The van der Waals surface area contributed by atoms with E-state index in [0.29, 0.717) is 28.1 Å². The highest BCUT2D eigenvalue weighted by Gasteiger charge is 2.13. The van der Waals surface area contributed by atoms with Crippen LogP contribution < -0.4 is 5.32 Å². The Morgan fingerprint density at radius 2 is 1.70 bits per heavy atom. The van der Waals surface area contributed by atoms with Crippen molar-refractivity contribution in [2.45, 2.75) is 18.1 Å². The molecule has 0 saturated heterocycles. The minimum atomic E-state index is -1.15. The van der Waals surface area contributed by atoms with Gasteiger partial charge in [-0.15, -0.1) is 0 Å². The zero-order valence-electron chi connectivity index (χ0n) is 14.3. The fourth-order valence-electron chi connectivity index (χ4n) is 2.46. The summed E-state index contributed by atoms with van der Waals surface area (Å²) in [6.07, 6.45) is 0. The third-order valence-electron chi connectivity index (χ3n) is 3.83. The number of hydrogen-bond donors (Lipinski definition) is 1. The molecule has 1 aromatic heterocycles. The predicted octanol–water partition coefficient (Wildman–Crippen LogP) is 4.97. The van der Waals surface area contributed by atoms with Crippen molar-refractivity contribution in [2.24, 2.45) is 0 Å². The van der Waals surface area contributed by atoms with Crippen molar-refractivity contribution in [2.75, 3.05) is 0 Å². The van der Waals surface area contributed by atoms with Crippen LogP contribution in [-0.2, 0) is 28.9 Å².